The maximum atomic E-state index is 12.5. The first-order valence-corrected chi connectivity index (χ1v) is 10.6. The molecular formula is C18H18ClN3O5S. The Morgan fingerprint density at radius 2 is 2.04 bits per heavy atom. The molecule has 0 fully saturated rings. The van der Waals surface area contributed by atoms with Crippen LogP contribution in [-0.2, 0) is 16.4 Å². The van der Waals surface area contributed by atoms with Gasteiger partial charge in [0.1, 0.15) is 5.02 Å². The molecule has 1 aliphatic rings. The summed E-state index contributed by atoms with van der Waals surface area (Å²) in [5, 5.41) is 13.6. The van der Waals surface area contributed by atoms with Crippen molar-refractivity contribution in [1.82, 2.24) is 0 Å². The van der Waals surface area contributed by atoms with Gasteiger partial charge in [-0.15, -0.1) is 0 Å². The zero-order valence-corrected chi connectivity index (χ0v) is 16.6. The van der Waals surface area contributed by atoms with Crippen molar-refractivity contribution in [2.45, 2.75) is 19.8 Å². The van der Waals surface area contributed by atoms with E-state index in [2.05, 4.69) is 5.32 Å². The van der Waals surface area contributed by atoms with Crippen LogP contribution in [0.5, 0.6) is 0 Å². The number of rotatable bonds is 5. The predicted octanol–water partition coefficient (Wildman–Crippen LogP) is 3.60. The quantitative estimate of drug-likeness (QED) is 0.583. The number of aryl methyl sites for hydroxylation is 1. The lowest BCUT2D eigenvalue weighted by Crippen LogP contribution is -2.36. The lowest BCUT2D eigenvalue weighted by atomic mass is 10.0. The largest absolute Gasteiger partial charge is 0.322 e. The first kappa shape index (κ1) is 20.1. The zero-order chi connectivity index (χ0) is 20.5. The summed E-state index contributed by atoms with van der Waals surface area (Å²) in [6.07, 6.45) is 1.48. The third-order valence-corrected chi connectivity index (χ3v) is 6.62. The number of nitrogens with zero attached hydrogens (tertiary/aromatic N) is 2. The van der Waals surface area contributed by atoms with Gasteiger partial charge in [-0.05, 0) is 49.6 Å². The molecule has 1 N–H and O–H groups in total. The summed E-state index contributed by atoms with van der Waals surface area (Å²) in [6.45, 7) is 1.98. The minimum Gasteiger partial charge on any atom is -0.322 e. The number of amides is 1. The van der Waals surface area contributed by atoms with Crippen molar-refractivity contribution in [1.29, 1.82) is 0 Å². The molecule has 1 amide bonds. The number of anilines is 2. The number of sulfonamides is 1. The SMILES string of the molecule is CCS(=O)(=O)N1CCCc2ccc(NC(=O)c3ccc(Cl)c([N+](=O)[O-])c3)cc21. The molecule has 0 bridgehead atoms. The molecule has 0 saturated heterocycles. The molecule has 0 aliphatic carbocycles. The van der Waals surface area contributed by atoms with Crippen LogP contribution >= 0.6 is 11.6 Å². The monoisotopic (exact) mass is 423 g/mol. The van der Waals surface area contributed by atoms with Crippen molar-refractivity contribution in [2.24, 2.45) is 0 Å². The molecule has 2 aromatic carbocycles. The smallest absolute Gasteiger partial charge is 0.288 e. The van der Waals surface area contributed by atoms with Crippen molar-refractivity contribution in [3.8, 4) is 0 Å². The van der Waals surface area contributed by atoms with Crippen LogP contribution in [0.15, 0.2) is 36.4 Å². The highest BCUT2D eigenvalue weighted by molar-refractivity contribution is 7.92. The van der Waals surface area contributed by atoms with Gasteiger partial charge in [-0.3, -0.25) is 19.2 Å². The molecule has 8 nitrogen and oxygen atoms in total. The Hall–Kier alpha value is -2.65. The first-order chi connectivity index (χ1) is 13.2. The van der Waals surface area contributed by atoms with Crippen LogP contribution in [0.3, 0.4) is 0 Å². The molecule has 10 heteroatoms. The molecular weight excluding hydrogens is 406 g/mol. The maximum absolute atomic E-state index is 12.5. The van der Waals surface area contributed by atoms with E-state index >= 15 is 0 Å². The van der Waals surface area contributed by atoms with Gasteiger partial charge in [0, 0.05) is 23.9 Å². The molecule has 0 atom stereocenters. The van der Waals surface area contributed by atoms with Gasteiger partial charge < -0.3 is 5.32 Å². The van der Waals surface area contributed by atoms with E-state index in [-0.39, 0.29) is 22.0 Å². The molecule has 148 valence electrons. The number of nitro benzene ring substituents is 1. The molecule has 3 rings (SSSR count). The van der Waals surface area contributed by atoms with E-state index in [1.165, 1.54) is 16.4 Å². The predicted molar refractivity (Wildman–Crippen MR) is 108 cm³/mol. The van der Waals surface area contributed by atoms with Gasteiger partial charge in [0.15, 0.2) is 0 Å². The summed E-state index contributed by atoms with van der Waals surface area (Å²) < 4.78 is 26.1. The van der Waals surface area contributed by atoms with Crippen LogP contribution in [0.2, 0.25) is 5.02 Å². The number of carbonyl (C=O) groups is 1. The van der Waals surface area contributed by atoms with Crippen LogP contribution in [0.25, 0.3) is 0 Å². The van der Waals surface area contributed by atoms with E-state index in [9.17, 15) is 23.3 Å². The Bertz CT molecular complexity index is 1060. The van der Waals surface area contributed by atoms with Gasteiger partial charge in [-0.2, -0.15) is 0 Å². The standard InChI is InChI=1S/C18H18ClN3O5S/c1-2-28(26,27)21-9-3-4-12-5-7-14(11-16(12)21)20-18(23)13-6-8-15(19)17(10-13)22(24)25/h5-8,10-11H,2-4,9H2,1H3,(H,20,23). The zero-order valence-electron chi connectivity index (χ0n) is 15.0. The summed E-state index contributed by atoms with van der Waals surface area (Å²) in [4.78, 5) is 22.8. The highest BCUT2D eigenvalue weighted by Crippen LogP contribution is 2.32. The topological polar surface area (TPSA) is 110 Å². The number of hydrogen-bond acceptors (Lipinski definition) is 5. The van der Waals surface area contributed by atoms with E-state index < -0.39 is 20.9 Å². The number of nitro groups is 1. The fourth-order valence-corrected chi connectivity index (χ4v) is 4.44. The molecule has 1 heterocycles. The Balaban J connectivity index is 1.90. The molecule has 0 saturated carbocycles. The summed E-state index contributed by atoms with van der Waals surface area (Å²) in [6, 6.07) is 8.86. The van der Waals surface area contributed by atoms with Gasteiger partial charge in [0.2, 0.25) is 10.0 Å². The van der Waals surface area contributed by atoms with Crippen LogP contribution < -0.4 is 9.62 Å². The highest BCUT2D eigenvalue weighted by Gasteiger charge is 2.26. The molecule has 28 heavy (non-hydrogen) atoms. The average Bonchev–Trinajstić information content (AvgIpc) is 2.67. The highest BCUT2D eigenvalue weighted by atomic mass is 35.5. The second kappa shape index (κ2) is 7.76. The van der Waals surface area contributed by atoms with E-state index in [4.69, 9.17) is 11.6 Å². The van der Waals surface area contributed by atoms with Crippen molar-refractivity contribution in [3.63, 3.8) is 0 Å². The van der Waals surface area contributed by atoms with Crippen molar-refractivity contribution < 1.29 is 18.1 Å². The van der Waals surface area contributed by atoms with Crippen LogP contribution in [0, 0.1) is 10.1 Å². The first-order valence-electron chi connectivity index (χ1n) is 8.61. The van der Waals surface area contributed by atoms with Crippen LogP contribution in [-0.4, -0.2) is 31.5 Å². The number of halogens is 1. The van der Waals surface area contributed by atoms with Crippen molar-refractivity contribution >= 4 is 44.6 Å². The molecule has 0 aromatic heterocycles. The lowest BCUT2D eigenvalue weighted by molar-refractivity contribution is -0.384. The van der Waals surface area contributed by atoms with Crippen molar-refractivity contribution in [2.75, 3.05) is 21.9 Å². The Labute approximate surface area is 167 Å². The Kier molecular flexibility index (Phi) is 5.57. The molecule has 1 aliphatic heterocycles. The Morgan fingerprint density at radius 3 is 2.71 bits per heavy atom. The van der Waals surface area contributed by atoms with Gasteiger partial charge in [0.05, 0.1) is 16.4 Å². The number of nitrogens with one attached hydrogen (secondary N) is 1. The summed E-state index contributed by atoms with van der Waals surface area (Å²) in [5.41, 5.74) is 1.56. The minimum atomic E-state index is -3.42. The fourth-order valence-electron chi connectivity index (χ4n) is 3.06. The normalized spacial score (nSPS) is 13.7. The van der Waals surface area contributed by atoms with Gasteiger partial charge in [0.25, 0.3) is 11.6 Å². The molecule has 0 unspecified atom stereocenters. The van der Waals surface area contributed by atoms with E-state index in [1.54, 1.807) is 25.1 Å². The van der Waals surface area contributed by atoms with Gasteiger partial charge >= 0.3 is 0 Å². The third kappa shape index (κ3) is 3.95. The van der Waals surface area contributed by atoms with Crippen LogP contribution in [0.4, 0.5) is 17.1 Å². The number of carbonyl (C=O) groups excluding carboxylic acids is 1. The fraction of sp³-hybridized carbons (Fsp3) is 0.278. The van der Waals surface area contributed by atoms with Gasteiger partial charge in [-0.25, -0.2) is 8.42 Å². The second-order valence-corrected chi connectivity index (χ2v) is 8.89. The van der Waals surface area contributed by atoms with E-state index in [0.717, 1.165) is 24.5 Å². The maximum Gasteiger partial charge on any atom is 0.288 e. The number of benzene rings is 2. The third-order valence-electron chi connectivity index (χ3n) is 4.52. The molecule has 0 spiro atoms. The summed E-state index contributed by atoms with van der Waals surface area (Å²) in [7, 11) is -3.42. The van der Waals surface area contributed by atoms with E-state index in [1.807, 2.05) is 0 Å². The summed E-state index contributed by atoms with van der Waals surface area (Å²) in [5.74, 6) is -0.572. The Morgan fingerprint density at radius 1 is 1.29 bits per heavy atom. The number of hydrogen-bond donors (Lipinski definition) is 1. The van der Waals surface area contributed by atoms with Gasteiger partial charge in [-0.1, -0.05) is 17.7 Å². The minimum absolute atomic E-state index is 0.0164. The van der Waals surface area contributed by atoms with Crippen LogP contribution in [0.1, 0.15) is 29.3 Å². The van der Waals surface area contributed by atoms with E-state index in [0.29, 0.717) is 17.9 Å². The second-order valence-electron chi connectivity index (χ2n) is 6.30. The number of fused-ring (bicyclic) bond motifs is 1. The molecule has 0 radical (unpaired) electrons. The van der Waals surface area contributed by atoms with Crippen molar-refractivity contribution in [3.05, 3.63) is 62.7 Å². The molecule has 2 aromatic rings. The average molecular weight is 424 g/mol. The summed E-state index contributed by atoms with van der Waals surface area (Å²) >= 11 is 5.77. The lowest BCUT2D eigenvalue weighted by Gasteiger charge is -2.30.